The van der Waals surface area contributed by atoms with Crippen molar-refractivity contribution in [1.29, 1.82) is 0 Å². The Labute approximate surface area is 145 Å². The molecule has 2 aromatic rings. The molecule has 0 heterocycles. The zero-order valence-corrected chi connectivity index (χ0v) is 14.6. The van der Waals surface area contributed by atoms with Gasteiger partial charge in [-0.3, -0.25) is 0 Å². The van der Waals surface area contributed by atoms with Gasteiger partial charge in [0.15, 0.2) is 0 Å². The van der Waals surface area contributed by atoms with Gasteiger partial charge in [0, 0.05) is 20.7 Å². The summed E-state index contributed by atoms with van der Waals surface area (Å²) >= 11 is 7.77. The van der Waals surface area contributed by atoms with Crippen molar-refractivity contribution in [3.05, 3.63) is 70.3 Å². The zero-order valence-electron chi connectivity index (χ0n) is 13.0. The number of hydrogen-bond acceptors (Lipinski definition) is 3. The number of esters is 1. The van der Waals surface area contributed by atoms with Crippen molar-refractivity contribution < 1.29 is 9.53 Å². The fourth-order valence-corrected chi connectivity index (χ4v) is 4.15. The van der Waals surface area contributed by atoms with Gasteiger partial charge >= 0.3 is 5.97 Å². The van der Waals surface area contributed by atoms with Gasteiger partial charge in [0.25, 0.3) is 0 Å². The van der Waals surface area contributed by atoms with Gasteiger partial charge in [-0.2, -0.15) is 0 Å². The first kappa shape index (κ1) is 16.2. The highest BCUT2D eigenvalue weighted by atomic mass is 35.5. The molecule has 0 saturated carbocycles. The minimum Gasteiger partial charge on any atom is -0.463 e. The number of thioether (sulfide) groups is 1. The molecule has 23 heavy (non-hydrogen) atoms. The lowest BCUT2D eigenvalue weighted by Gasteiger charge is -2.10. The van der Waals surface area contributed by atoms with Crippen LogP contribution in [0.4, 0.5) is 0 Å². The van der Waals surface area contributed by atoms with E-state index < -0.39 is 0 Å². The highest BCUT2D eigenvalue weighted by Crippen LogP contribution is 2.50. The van der Waals surface area contributed by atoms with E-state index in [1.807, 2.05) is 62.4 Å². The topological polar surface area (TPSA) is 26.3 Å². The van der Waals surface area contributed by atoms with E-state index in [1.54, 1.807) is 11.8 Å². The highest BCUT2D eigenvalue weighted by Gasteiger charge is 2.34. The summed E-state index contributed by atoms with van der Waals surface area (Å²) < 4.78 is 5.28. The largest absolute Gasteiger partial charge is 0.463 e. The number of benzene rings is 2. The third kappa shape index (κ3) is 3.17. The van der Waals surface area contributed by atoms with Crippen LogP contribution in [-0.4, -0.2) is 12.6 Å². The van der Waals surface area contributed by atoms with E-state index in [2.05, 4.69) is 0 Å². The number of hydrogen-bond donors (Lipinski definition) is 0. The maximum Gasteiger partial charge on any atom is 0.335 e. The van der Waals surface area contributed by atoms with E-state index in [9.17, 15) is 4.79 Å². The Bertz CT molecular complexity index is 768. The van der Waals surface area contributed by atoms with Crippen LogP contribution >= 0.6 is 23.4 Å². The third-order valence-electron chi connectivity index (χ3n) is 3.86. The number of carbonyl (C=O) groups is 1. The lowest BCUT2D eigenvalue weighted by molar-refractivity contribution is -0.138. The van der Waals surface area contributed by atoms with Crippen molar-refractivity contribution >= 4 is 34.2 Å². The number of carbonyl (C=O) groups excluding carboxylic acids is 1. The summed E-state index contributed by atoms with van der Waals surface area (Å²) in [6, 6.07) is 15.8. The fraction of sp³-hybridized carbons (Fsp3) is 0.211. The highest BCUT2D eigenvalue weighted by molar-refractivity contribution is 8.08. The summed E-state index contributed by atoms with van der Waals surface area (Å²) in [7, 11) is 0. The van der Waals surface area contributed by atoms with E-state index in [-0.39, 0.29) is 11.9 Å². The molecule has 1 atom stereocenters. The summed E-state index contributed by atoms with van der Waals surface area (Å²) in [5.41, 5.74) is 2.87. The normalized spacial score (nSPS) is 16.4. The van der Waals surface area contributed by atoms with Gasteiger partial charge in [0.05, 0.1) is 12.2 Å². The van der Waals surface area contributed by atoms with Crippen LogP contribution in [0.2, 0.25) is 5.02 Å². The Balaban J connectivity index is 2.10. The minimum atomic E-state index is -0.245. The molecule has 0 spiro atoms. The van der Waals surface area contributed by atoms with E-state index >= 15 is 0 Å². The predicted octanol–water partition coefficient (Wildman–Crippen LogP) is 5.52. The number of halogens is 1. The van der Waals surface area contributed by atoms with Gasteiger partial charge < -0.3 is 4.74 Å². The van der Waals surface area contributed by atoms with Gasteiger partial charge in [0.1, 0.15) is 0 Å². The monoisotopic (exact) mass is 344 g/mol. The summed E-state index contributed by atoms with van der Waals surface area (Å²) in [6.07, 6.45) is 0. The molecule has 118 valence electrons. The molecule has 0 N–H and O–H groups in total. The Morgan fingerprint density at radius 2 is 1.96 bits per heavy atom. The first-order valence-electron chi connectivity index (χ1n) is 7.55. The summed E-state index contributed by atoms with van der Waals surface area (Å²) in [6.45, 7) is 4.24. The lowest BCUT2D eigenvalue weighted by atomic mass is 9.98. The van der Waals surface area contributed by atoms with Crippen molar-refractivity contribution in [2.75, 3.05) is 6.61 Å². The molecule has 0 amide bonds. The molecular formula is C19H17ClO2S. The Kier molecular flexibility index (Phi) is 4.79. The average molecular weight is 345 g/mol. The van der Waals surface area contributed by atoms with E-state index in [1.165, 1.54) is 0 Å². The molecule has 0 aliphatic heterocycles. The molecule has 2 nitrogen and oxygen atoms in total. The molecule has 0 fully saturated rings. The van der Waals surface area contributed by atoms with E-state index in [0.29, 0.717) is 11.6 Å². The van der Waals surface area contributed by atoms with Crippen LogP contribution in [0.5, 0.6) is 0 Å². The van der Waals surface area contributed by atoms with Crippen LogP contribution < -0.4 is 0 Å². The molecule has 0 bridgehead atoms. The number of ether oxygens (including phenoxy) is 1. The van der Waals surface area contributed by atoms with Crippen LogP contribution in [0, 0.1) is 0 Å². The molecule has 0 aromatic heterocycles. The SMILES string of the molecule is CCOC(=O)C1=C(Sc2ccccc2)c2cc(Cl)ccc2[C@@H]1C. The molecule has 4 heteroatoms. The Morgan fingerprint density at radius 1 is 1.22 bits per heavy atom. The van der Waals surface area contributed by atoms with Crippen LogP contribution in [0.15, 0.2) is 59.0 Å². The molecule has 0 radical (unpaired) electrons. The Morgan fingerprint density at radius 3 is 2.65 bits per heavy atom. The van der Waals surface area contributed by atoms with Crippen molar-refractivity contribution in [3.8, 4) is 0 Å². The summed E-state index contributed by atoms with van der Waals surface area (Å²) in [5, 5.41) is 0.673. The molecule has 1 aliphatic rings. The van der Waals surface area contributed by atoms with Crippen molar-refractivity contribution in [2.45, 2.75) is 24.7 Å². The maximum absolute atomic E-state index is 12.5. The summed E-state index contributed by atoms with van der Waals surface area (Å²) in [5.74, 6) is -0.238. The van der Waals surface area contributed by atoms with Crippen molar-refractivity contribution in [3.63, 3.8) is 0 Å². The minimum absolute atomic E-state index is 0.00697. The first-order chi connectivity index (χ1) is 11.1. The van der Waals surface area contributed by atoms with Crippen LogP contribution in [0.1, 0.15) is 30.9 Å². The molecule has 0 unspecified atom stereocenters. The third-order valence-corrected chi connectivity index (χ3v) is 5.25. The maximum atomic E-state index is 12.5. The molecule has 1 aliphatic carbocycles. The Hall–Kier alpha value is -1.71. The zero-order chi connectivity index (χ0) is 16.4. The van der Waals surface area contributed by atoms with Crippen molar-refractivity contribution in [2.24, 2.45) is 0 Å². The quantitative estimate of drug-likeness (QED) is 0.683. The van der Waals surface area contributed by atoms with Gasteiger partial charge in [-0.25, -0.2) is 4.79 Å². The lowest BCUT2D eigenvalue weighted by Crippen LogP contribution is -2.11. The molecule has 0 saturated heterocycles. The predicted molar refractivity (Wildman–Crippen MR) is 95.7 cm³/mol. The second-order valence-electron chi connectivity index (χ2n) is 5.33. The van der Waals surface area contributed by atoms with E-state index in [4.69, 9.17) is 16.3 Å². The van der Waals surface area contributed by atoms with Crippen molar-refractivity contribution in [1.82, 2.24) is 0 Å². The smallest absolute Gasteiger partial charge is 0.335 e. The molecule has 3 rings (SSSR count). The second kappa shape index (κ2) is 6.81. The van der Waals surface area contributed by atoms with E-state index in [0.717, 1.165) is 26.5 Å². The fourth-order valence-electron chi connectivity index (χ4n) is 2.79. The summed E-state index contributed by atoms with van der Waals surface area (Å²) in [4.78, 5) is 14.5. The van der Waals surface area contributed by atoms with Crippen LogP contribution in [-0.2, 0) is 9.53 Å². The standard InChI is InChI=1S/C19H17ClO2S/c1-3-22-19(21)17-12(2)15-10-9-13(20)11-16(15)18(17)23-14-7-5-4-6-8-14/h4-12H,3H2,1-2H3/t12-/m0/s1. The number of rotatable bonds is 4. The number of fused-ring (bicyclic) bond motifs is 1. The van der Waals surface area contributed by atoms with Crippen LogP contribution in [0.3, 0.4) is 0 Å². The second-order valence-corrected chi connectivity index (χ2v) is 6.85. The van der Waals surface area contributed by atoms with Gasteiger partial charge in [0.2, 0.25) is 0 Å². The average Bonchev–Trinajstić information content (AvgIpc) is 2.80. The van der Waals surface area contributed by atoms with Gasteiger partial charge in [-0.1, -0.05) is 54.6 Å². The van der Waals surface area contributed by atoms with Gasteiger partial charge in [-0.05, 0) is 42.3 Å². The van der Waals surface area contributed by atoms with Gasteiger partial charge in [-0.15, -0.1) is 0 Å². The van der Waals surface area contributed by atoms with Crippen LogP contribution in [0.25, 0.3) is 4.91 Å². The molecule has 2 aromatic carbocycles. The molecular weight excluding hydrogens is 328 g/mol. The first-order valence-corrected chi connectivity index (χ1v) is 8.75.